The van der Waals surface area contributed by atoms with Gasteiger partial charge in [-0.2, -0.15) is 0 Å². The van der Waals surface area contributed by atoms with E-state index < -0.39 is 6.36 Å². The standard InChI is InChI=1S/C26H28F3N3O/c27-26(28,29)33-22-10-6-7-19(17-22)18-32-15-13-21(14-16-32)31-25(20-8-2-1-3-9-20)23-11-4-5-12-24(23)30/h1-12,17,21,25,31H,13-16,18,30H2. The first-order valence-electron chi connectivity index (χ1n) is 11.1. The summed E-state index contributed by atoms with van der Waals surface area (Å²) in [6.07, 6.45) is -2.80. The number of nitrogens with one attached hydrogen (secondary N) is 1. The lowest BCUT2D eigenvalue weighted by molar-refractivity contribution is -0.274. The predicted octanol–water partition coefficient (Wildman–Crippen LogP) is 5.51. The zero-order chi connectivity index (χ0) is 23.3. The molecule has 1 atom stereocenters. The van der Waals surface area contributed by atoms with Gasteiger partial charge in [-0.1, -0.05) is 60.7 Å². The number of piperidine rings is 1. The van der Waals surface area contributed by atoms with Gasteiger partial charge >= 0.3 is 6.36 Å². The molecule has 1 aliphatic heterocycles. The van der Waals surface area contributed by atoms with Crippen molar-refractivity contribution in [2.24, 2.45) is 0 Å². The van der Waals surface area contributed by atoms with Crippen molar-refractivity contribution in [3.05, 3.63) is 95.6 Å². The normalized spacial score (nSPS) is 16.5. The Morgan fingerprint density at radius 3 is 2.33 bits per heavy atom. The van der Waals surface area contributed by atoms with E-state index in [0.717, 1.165) is 42.7 Å². The lowest BCUT2D eigenvalue weighted by Crippen LogP contribution is -2.43. The third kappa shape index (κ3) is 6.49. The molecule has 0 aliphatic carbocycles. The van der Waals surface area contributed by atoms with Crippen molar-refractivity contribution in [3.63, 3.8) is 0 Å². The Labute approximate surface area is 192 Å². The fourth-order valence-corrected chi connectivity index (χ4v) is 4.38. The van der Waals surface area contributed by atoms with Crippen LogP contribution in [0.15, 0.2) is 78.9 Å². The number of para-hydroxylation sites is 1. The quantitative estimate of drug-likeness (QED) is 0.461. The highest BCUT2D eigenvalue weighted by Crippen LogP contribution is 2.29. The van der Waals surface area contributed by atoms with Crippen LogP contribution in [0.4, 0.5) is 18.9 Å². The maximum atomic E-state index is 12.5. The minimum absolute atomic E-state index is 0.000138. The number of benzene rings is 3. The van der Waals surface area contributed by atoms with Gasteiger partial charge in [-0.05, 0) is 60.8 Å². The lowest BCUT2D eigenvalue weighted by Gasteiger charge is -2.35. The van der Waals surface area contributed by atoms with Crippen molar-refractivity contribution in [1.82, 2.24) is 10.2 Å². The SMILES string of the molecule is Nc1ccccc1C(NC1CCN(Cc2cccc(OC(F)(F)F)c2)CC1)c1ccccc1. The van der Waals surface area contributed by atoms with Crippen LogP contribution in [-0.4, -0.2) is 30.4 Å². The summed E-state index contributed by atoms with van der Waals surface area (Å²) in [7, 11) is 0. The van der Waals surface area contributed by atoms with E-state index in [4.69, 9.17) is 5.73 Å². The van der Waals surface area contributed by atoms with Gasteiger partial charge in [0.15, 0.2) is 0 Å². The molecule has 4 nitrogen and oxygen atoms in total. The van der Waals surface area contributed by atoms with Crippen molar-refractivity contribution >= 4 is 5.69 Å². The number of anilines is 1. The summed E-state index contributed by atoms with van der Waals surface area (Å²) < 4.78 is 41.6. The first-order chi connectivity index (χ1) is 15.9. The van der Waals surface area contributed by atoms with Crippen LogP contribution in [0.5, 0.6) is 5.75 Å². The Balaban J connectivity index is 1.38. The highest BCUT2D eigenvalue weighted by Gasteiger charge is 2.31. The summed E-state index contributed by atoms with van der Waals surface area (Å²) in [5, 5.41) is 3.80. The largest absolute Gasteiger partial charge is 0.573 e. The van der Waals surface area contributed by atoms with Gasteiger partial charge in [0.25, 0.3) is 0 Å². The number of hydrogen-bond donors (Lipinski definition) is 2. The van der Waals surface area contributed by atoms with Gasteiger partial charge < -0.3 is 15.8 Å². The fourth-order valence-electron chi connectivity index (χ4n) is 4.38. The molecule has 3 aromatic rings. The van der Waals surface area contributed by atoms with E-state index in [-0.39, 0.29) is 11.8 Å². The van der Waals surface area contributed by atoms with E-state index >= 15 is 0 Å². The number of halogens is 3. The second-order valence-electron chi connectivity index (χ2n) is 8.38. The van der Waals surface area contributed by atoms with E-state index in [0.29, 0.717) is 12.6 Å². The van der Waals surface area contributed by atoms with Crippen molar-refractivity contribution in [2.75, 3.05) is 18.8 Å². The number of alkyl halides is 3. The number of nitrogen functional groups attached to an aromatic ring is 1. The van der Waals surface area contributed by atoms with Crippen LogP contribution in [0.3, 0.4) is 0 Å². The summed E-state index contributed by atoms with van der Waals surface area (Å²) in [4.78, 5) is 2.26. The molecule has 1 saturated heterocycles. The van der Waals surface area contributed by atoms with Crippen LogP contribution < -0.4 is 15.8 Å². The average Bonchev–Trinajstić information content (AvgIpc) is 2.79. The second kappa shape index (κ2) is 10.3. The van der Waals surface area contributed by atoms with Crippen LogP contribution >= 0.6 is 0 Å². The predicted molar refractivity (Wildman–Crippen MR) is 124 cm³/mol. The smallest absolute Gasteiger partial charge is 0.406 e. The summed E-state index contributed by atoms with van der Waals surface area (Å²) in [5.74, 6) is -0.178. The Kier molecular flexibility index (Phi) is 7.20. The van der Waals surface area contributed by atoms with E-state index in [1.165, 1.54) is 17.7 Å². The minimum atomic E-state index is -4.68. The molecule has 1 heterocycles. The number of nitrogens with two attached hydrogens (primary N) is 1. The molecule has 3 aromatic carbocycles. The van der Waals surface area contributed by atoms with Crippen LogP contribution in [0.2, 0.25) is 0 Å². The molecule has 174 valence electrons. The zero-order valence-electron chi connectivity index (χ0n) is 18.3. The first kappa shape index (κ1) is 23.1. The Morgan fingerprint density at radius 2 is 1.64 bits per heavy atom. The molecule has 0 bridgehead atoms. The van der Waals surface area contributed by atoms with Gasteiger partial charge in [-0.25, -0.2) is 0 Å². The number of likely N-dealkylation sites (tertiary alicyclic amines) is 1. The number of hydrogen-bond acceptors (Lipinski definition) is 4. The summed E-state index contributed by atoms with van der Waals surface area (Å²) >= 11 is 0. The summed E-state index contributed by atoms with van der Waals surface area (Å²) in [6, 6.07) is 24.7. The van der Waals surface area contributed by atoms with E-state index in [1.807, 2.05) is 42.5 Å². The van der Waals surface area contributed by atoms with Crippen LogP contribution in [0.1, 0.15) is 35.6 Å². The van der Waals surface area contributed by atoms with Crippen LogP contribution in [-0.2, 0) is 6.54 Å². The van der Waals surface area contributed by atoms with Crippen molar-refractivity contribution in [3.8, 4) is 5.75 Å². The number of rotatable bonds is 7. The molecular weight excluding hydrogens is 427 g/mol. The minimum Gasteiger partial charge on any atom is -0.406 e. The van der Waals surface area contributed by atoms with Gasteiger partial charge in [0.2, 0.25) is 0 Å². The second-order valence-corrected chi connectivity index (χ2v) is 8.38. The summed E-state index contributed by atoms with van der Waals surface area (Å²) in [5.41, 5.74) is 10.1. The molecule has 1 unspecified atom stereocenters. The molecular formula is C26H28F3N3O. The zero-order valence-corrected chi connectivity index (χ0v) is 18.3. The average molecular weight is 456 g/mol. The molecule has 33 heavy (non-hydrogen) atoms. The molecule has 1 fully saturated rings. The summed E-state index contributed by atoms with van der Waals surface area (Å²) in [6.45, 7) is 2.30. The molecule has 0 aromatic heterocycles. The van der Waals surface area contributed by atoms with Gasteiger partial charge in [0.1, 0.15) is 5.75 Å². The fraction of sp³-hybridized carbons (Fsp3) is 0.308. The van der Waals surface area contributed by atoms with Gasteiger partial charge in [0, 0.05) is 18.3 Å². The molecule has 3 N–H and O–H groups in total. The van der Waals surface area contributed by atoms with Gasteiger partial charge in [-0.3, -0.25) is 4.90 Å². The highest BCUT2D eigenvalue weighted by atomic mass is 19.4. The lowest BCUT2D eigenvalue weighted by atomic mass is 9.94. The third-order valence-electron chi connectivity index (χ3n) is 5.97. The molecule has 7 heteroatoms. The van der Waals surface area contributed by atoms with Crippen molar-refractivity contribution < 1.29 is 17.9 Å². The topological polar surface area (TPSA) is 50.5 Å². The van der Waals surface area contributed by atoms with E-state index in [2.05, 4.69) is 33.2 Å². The first-order valence-corrected chi connectivity index (χ1v) is 11.1. The molecule has 0 saturated carbocycles. The number of ether oxygens (including phenoxy) is 1. The number of nitrogens with zero attached hydrogens (tertiary/aromatic N) is 1. The highest BCUT2D eigenvalue weighted by molar-refractivity contribution is 5.51. The maximum Gasteiger partial charge on any atom is 0.573 e. The Bertz CT molecular complexity index is 1030. The van der Waals surface area contributed by atoms with Crippen molar-refractivity contribution in [1.29, 1.82) is 0 Å². The maximum absolute atomic E-state index is 12.5. The van der Waals surface area contributed by atoms with Gasteiger partial charge in [0.05, 0.1) is 6.04 Å². The van der Waals surface area contributed by atoms with Crippen LogP contribution in [0, 0.1) is 0 Å². The molecule has 0 radical (unpaired) electrons. The molecule has 1 aliphatic rings. The van der Waals surface area contributed by atoms with Crippen molar-refractivity contribution in [2.45, 2.75) is 37.8 Å². The molecule has 4 rings (SSSR count). The Hall–Kier alpha value is -3.03. The molecule has 0 amide bonds. The van der Waals surface area contributed by atoms with Crippen LogP contribution in [0.25, 0.3) is 0 Å². The monoisotopic (exact) mass is 455 g/mol. The third-order valence-corrected chi connectivity index (χ3v) is 5.97. The molecule has 0 spiro atoms. The van der Waals surface area contributed by atoms with Gasteiger partial charge in [-0.15, -0.1) is 13.2 Å². The van der Waals surface area contributed by atoms with E-state index in [1.54, 1.807) is 6.07 Å². The van der Waals surface area contributed by atoms with E-state index in [9.17, 15) is 13.2 Å². The Morgan fingerprint density at radius 1 is 0.939 bits per heavy atom.